The standard InChI is InChI=1S/C18H17ClN4OS/c1-3-10-23-17(13-6-4-8-15(11-13)24-2)21-22-18(23)25-12-14-7-5-9-20-16(14)19/h3-9,11H,1,10,12H2,2H3. The fourth-order valence-electron chi connectivity index (χ4n) is 2.33. The molecular weight excluding hydrogens is 356 g/mol. The molecule has 0 amide bonds. The van der Waals surface area contributed by atoms with Gasteiger partial charge in [-0.25, -0.2) is 4.98 Å². The van der Waals surface area contributed by atoms with Crippen LogP contribution in [-0.4, -0.2) is 26.9 Å². The quantitative estimate of drug-likeness (QED) is 0.347. The lowest BCUT2D eigenvalue weighted by molar-refractivity contribution is 0.415. The Balaban J connectivity index is 1.89. The summed E-state index contributed by atoms with van der Waals surface area (Å²) in [6.07, 6.45) is 3.51. The highest BCUT2D eigenvalue weighted by molar-refractivity contribution is 7.98. The molecule has 0 unspecified atom stereocenters. The van der Waals surface area contributed by atoms with Gasteiger partial charge in [-0.05, 0) is 23.8 Å². The maximum absolute atomic E-state index is 6.13. The fraction of sp³-hybridized carbons (Fsp3) is 0.167. The van der Waals surface area contributed by atoms with Crippen molar-refractivity contribution in [2.75, 3.05) is 7.11 Å². The molecule has 5 nitrogen and oxygen atoms in total. The Kier molecular flexibility index (Phi) is 5.73. The van der Waals surface area contributed by atoms with E-state index >= 15 is 0 Å². The van der Waals surface area contributed by atoms with Gasteiger partial charge < -0.3 is 4.74 Å². The zero-order valence-corrected chi connectivity index (χ0v) is 15.3. The van der Waals surface area contributed by atoms with Crippen LogP contribution in [0.15, 0.2) is 60.4 Å². The van der Waals surface area contributed by atoms with Crippen molar-refractivity contribution >= 4 is 23.4 Å². The van der Waals surface area contributed by atoms with Crippen molar-refractivity contribution in [3.63, 3.8) is 0 Å². The van der Waals surface area contributed by atoms with Crippen LogP contribution >= 0.6 is 23.4 Å². The number of hydrogen-bond donors (Lipinski definition) is 0. The van der Waals surface area contributed by atoms with Crippen molar-refractivity contribution in [2.45, 2.75) is 17.5 Å². The minimum atomic E-state index is 0.512. The summed E-state index contributed by atoms with van der Waals surface area (Å²) in [7, 11) is 1.65. The van der Waals surface area contributed by atoms with Crippen LogP contribution in [-0.2, 0) is 12.3 Å². The molecule has 0 radical (unpaired) electrons. The first-order valence-electron chi connectivity index (χ1n) is 7.63. The number of halogens is 1. The average molecular weight is 373 g/mol. The Bertz CT molecular complexity index is 881. The summed E-state index contributed by atoms with van der Waals surface area (Å²) in [4.78, 5) is 4.10. The molecule has 0 bridgehead atoms. The lowest BCUT2D eigenvalue weighted by Crippen LogP contribution is -2.01. The number of nitrogens with zero attached hydrogens (tertiary/aromatic N) is 4. The molecule has 0 aliphatic rings. The summed E-state index contributed by atoms with van der Waals surface area (Å²) >= 11 is 7.69. The minimum Gasteiger partial charge on any atom is -0.497 e. The van der Waals surface area contributed by atoms with Crippen LogP contribution in [0, 0.1) is 0 Å². The number of hydrogen-bond acceptors (Lipinski definition) is 5. The SMILES string of the molecule is C=CCn1c(SCc2cccnc2Cl)nnc1-c1cccc(OC)c1. The number of allylic oxidation sites excluding steroid dienone is 1. The van der Waals surface area contributed by atoms with Crippen molar-refractivity contribution < 1.29 is 4.74 Å². The second kappa shape index (κ2) is 8.18. The third-order valence-corrected chi connectivity index (χ3v) is 4.91. The smallest absolute Gasteiger partial charge is 0.192 e. The van der Waals surface area contributed by atoms with E-state index in [4.69, 9.17) is 16.3 Å². The number of aromatic nitrogens is 4. The first-order valence-corrected chi connectivity index (χ1v) is 9.00. The highest BCUT2D eigenvalue weighted by Crippen LogP contribution is 2.29. The fourth-order valence-corrected chi connectivity index (χ4v) is 3.53. The van der Waals surface area contributed by atoms with E-state index in [2.05, 4.69) is 21.8 Å². The number of thioether (sulfide) groups is 1. The van der Waals surface area contributed by atoms with Crippen LogP contribution in [0.2, 0.25) is 5.15 Å². The number of pyridine rings is 1. The molecule has 0 fully saturated rings. The molecule has 0 atom stereocenters. The molecule has 0 spiro atoms. The van der Waals surface area contributed by atoms with Crippen molar-refractivity contribution in [2.24, 2.45) is 0 Å². The first kappa shape index (κ1) is 17.5. The molecule has 7 heteroatoms. The normalized spacial score (nSPS) is 10.6. The third-order valence-electron chi connectivity index (χ3n) is 3.55. The van der Waals surface area contributed by atoms with Gasteiger partial charge in [0.15, 0.2) is 11.0 Å². The zero-order chi connectivity index (χ0) is 17.6. The second-order valence-corrected chi connectivity index (χ2v) is 6.48. The molecule has 2 heterocycles. The lowest BCUT2D eigenvalue weighted by Gasteiger charge is -2.09. The van der Waals surface area contributed by atoms with Crippen LogP contribution in [0.1, 0.15) is 5.56 Å². The Labute approximate surface area is 155 Å². The number of methoxy groups -OCH3 is 1. The average Bonchev–Trinajstić information content (AvgIpc) is 3.04. The largest absolute Gasteiger partial charge is 0.497 e. The lowest BCUT2D eigenvalue weighted by atomic mass is 10.2. The summed E-state index contributed by atoms with van der Waals surface area (Å²) in [5, 5.41) is 10.0. The maximum Gasteiger partial charge on any atom is 0.192 e. The van der Waals surface area contributed by atoms with Gasteiger partial charge in [0.2, 0.25) is 0 Å². The molecule has 128 valence electrons. The molecule has 0 saturated carbocycles. The molecule has 0 aliphatic heterocycles. The Hall–Kier alpha value is -2.31. The summed E-state index contributed by atoms with van der Waals surface area (Å²) in [5.41, 5.74) is 1.91. The van der Waals surface area contributed by atoms with E-state index in [1.165, 1.54) is 0 Å². The first-order chi connectivity index (χ1) is 12.2. The minimum absolute atomic E-state index is 0.512. The Morgan fingerprint density at radius 3 is 2.92 bits per heavy atom. The summed E-state index contributed by atoms with van der Waals surface area (Å²) in [5.74, 6) is 2.22. The van der Waals surface area contributed by atoms with Crippen molar-refractivity contribution in [3.05, 3.63) is 66.0 Å². The van der Waals surface area contributed by atoms with Crippen molar-refractivity contribution in [1.29, 1.82) is 0 Å². The van der Waals surface area contributed by atoms with Gasteiger partial charge in [0.05, 0.1) is 7.11 Å². The number of rotatable bonds is 7. The van der Waals surface area contributed by atoms with E-state index in [1.54, 1.807) is 25.1 Å². The van der Waals surface area contributed by atoms with Crippen LogP contribution in [0.3, 0.4) is 0 Å². The van der Waals surface area contributed by atoms with Gasteiger partial charge in [0.1, 0.15) is 10.9 Å². The van der Waals surface area contributed by atoms with E-state index in [-0.39, 0.29) is 0 Å². The topological polar surface area (TPSA) is 52.8 Å². The van der Waals surface area contributed by atoms with Crippen molar-refractivity contribution in [3.8, 4) is 17.1 Å². The van der Waals surface area contributed by atoms with E-state index in [9.17, 15) is 0 Å². The van der Waals surface area contributed by atoms with E-state index < -0.39 is 0 Å². The predicted molar refractivity (Wildman–Crippen MR) is 101 cm³/mol. The molecule has 0 saturated heterocycles. The second-order valence-electron chi connectivity index (χ2n) is 5.18. The third kappa shape index (κ3) is 4.03. The van der Waals surface area contributed by atoms with Crippen LogP contribution in [0.25, 0.3) is 11.4 Å². The van der Waals surface area contributed by atoms with Gasteiger partial charge in [0, 0.05) is 24.1 Å². The summed E-state index contributed by atoms with van der Waals surface area (Å²) in [6.45, 7) is 4.45. The molecule has 0 aliphatic carbocycles. The van der Waals surface area contributed by atoms with E-state index in [0.29, 0.717) is 17.5 Å². The molecule has 25 heavy (non-hydrogen) atoms. The number of benzene rings is 1. The maximum atomic E-state index is 6.13. The summed E-state index contributed by atoms with van der Waals surface area (Å²) in [6, 6.07) is 11.6. The van der Waals surface area contributed by atoms with Crippen molar-refractivity contribution in [1.82, 2.24) is 19.7 Å². The molecule has 2 aromatic heterocycles. The monoisotopic (exact) mass is 372 g/mol. The molecule has 3 rings (SSSR count). The van der Waals surface area contributed by atoms with Gasteiger partial charge in [-0.15, -0.1) is 16.8 Å². The van der Waals surface area contributed by atoms with Gasteiger partial charge in [0.25, 0.3) is 0 Å². The highest BCUT2D eigenvalue weighted by atomic mass is 35.5. The Morgan fingerprint density at radius 1 is 1.28 bits per heavy atom. The van der Waals surface area contributed by atoms with Crippen LogP contribution < -0.4 is 4.74 Å². The molecule has 1 aromatic carbocycles. The van der Waals surface area contributed by atoms with Gasteiger partial charge >= 0.3 is 0 Å². The number of ether oxygens (including phenoxy) is 1. The highest BCUT2D eigenvalue weighted by Gasteiger charge is 2.14. The van der Waals surface area contributed by atoms with E-state index in [0.717, 1.165) is 27.9 Å². The molecule has 3 aromatic rings. The molecule has 0 N–H and O–H groups in total. The zero-order valence-electron chi connectivity index (χ0n) is 13.7. The summed E-state index contributed by atoms with van der Waals surface area (Å²) < 4.78 is 7.32. The van der Waals surface area contributed by atoms with E-state index in [1.807, 2.05) is 47.0 Å². The van der Waals surface area contributed by atoms with Gasteiger partial charge in [-0.1, -0.05) is 47.6 Å². The predicted octanol–water partition coefficient (Wildman–Crippen LogP) is 4.48. The van der Waals surface area contributed by atoms with Gasteiger partial charge in [-0.2, -0.15) is 0 Å². The van der Waals surface area contributed by atoms with Gasteiger partial charge in [-0.3, -0.25) is 4.57 Å². The molecular formula is C18H17ClN4OS. The van der Waals surface area contributed by atoms with Crippen LogP contribution in [0.4, 0.5) is 0 Å². The Morgan fingerprint density at radius 2 is 2.16 bits per heavy atom. The van der Waals surface area contributed by atoms with Crippen LogP contribution in [0.5, 0.6) is 5.75 Å².